The van der Waals surface area contributed by atoms with Crippen molar-refractivity contribution < 1.29 is 31.9 Å². The van der Waals surface area contributed by atoms with Crippen LogP contribution in [0.1, 0.15) is 18.4 Å². The summed E-state index contributed by atoms with van der Waals surface area (Å²) in [4.78, 5) is 5.57. The smallest absolute Gasteiger partial charge is 1.00 e. The Labute approximate surface area is 115 Å². The van der Waals surface area contributed by atoms with Crippen molar-refractivity contribution in [2.24, 2.45) is 0 Å². The molecule has 0 spiro atoms. The summed E-state index contributed by atoms with van der Waals surface area (Å²) < 4.78 is 0. The minimum atomic E-state index is 0. The topological polar surface area (TPSA) is 31.4 Å². The average Bonchev–Trinajstić information content (AvgIpc) is 2.70. The molecule has 0 amide bonds. The second-order valence-electron chi connectivity index (χ2n) is 3.76. The molecule has 0 bridgehead atoms. The molecule has 0 unspecified atom stereocenters. The fraction of sp³-hybridized carbons (Fsp3) is 0.455. The Bertz CT molecular complexity index is 383. The van der Waals surface area contributed by atoms with Crippen LogP contribution in [0, 0.1) is 12.3 Å². The molecule has 0 atom stereocenters. The zero-order valence-electron chi connectivity index (χ0n) is 9.49. The molecule has 0 aliphatic carbocycles. The number of anilines is 1. The molecule has 1 aromatic carbocycles. The van der Waals surface area contributed by atoms with E-state index in [0.29, 0.717) is 5.69 Å². The molecule has 2 rings (SSSR count). The van der Waals surface area contributed by atoms with Gasteiger partial charge in [-0.05, 0) is 31.4 Å². The maximum absolute atomic E-state index is 8.63. The minimum absolute atomic E-state index is 0. The van der Waals surface area contributed by atoms with Crippen molar-refractivity contribution in [2.75, 3.05) is 18.0 Å². The molecule has 0 aromatic heterocycles. The van der Waals surface area contributed by atoms with Crippen molar-refractivity contribution in [2.45, 2.75) is 19.8 Å². The molecular formula is C11H14ClN3Zn+2. The molecule has 0 radical (unpaired) electrons. The largest absolute Gasteiger partial charge is 2.00 e. The van der Waals surface area contributed by atoms with Gasteiger partial charge in [-0.15, -0.1) is 0 Å². The van der Waals surface area contributed by atoms with Crippen LogP contribution >= 0.6 is 0 Å². The molecule has 1 fully saturated rings. The Balaban J connectivity index is 0.00000112. The second-order valence-corrected chi connectivity index (χ2v) is 3.76. The second kappa shape index (κ2) is 6.83. The number of rotatable bonds is 1. The van der Waals surface area contributed by atoms with Crippen LogP contribution in [0.15, 0.2) is 18.2 Å². The first-order valence-corrected chi connectivity index (χ1v) is 5.02. The maximum atomic E-state index is 8.63. The van der Waals surface area contributed by atoms with E-state index >= 15 is 0 Å². The summed E-state index contributed by atoms with van der Waals surface area (Å²) in [6.45, 7) is 4.36. The van der Waals surface area contributed by atoms with Crippen LogP contribution in [0.25, 0.3) is 4.98 Å². The van der Waals surface area contributed by atoms with Crippen molar-refractivity contribution in [3.63, 3.8) is 0 Å². The molecule has 1 aliphatic rings. The first-order chi connectivity index (χ1) is 6.81. The van der Waals surface area contributed by atoms with Crippen molar-refractivity contribution in [3.8, 4) is 0 Å². The van der Waals surface area contributed by atoms with Crippen LogP contribution in [0.2, 0.25) is 0 Å². The van der Waals surface area contributed by atoms with E-state index in [1.54, 1.807) is 0 Å². The number of hydrogen-bond donors (Lipinski definition) is 0. The van der Waals surface area contributed by atoms with Gasteiger partial charge in [0.05, 0.1) is 0 Å². The minimum Gasteiger partial charge on any atom is -1.00 e. The van der Waals surface area contributed by atoms with E-state index in [0.717, 1.165) is 13.1 Å². The summed E-state index contributed by atoms with van der Waals surface area (Å²) in [6.07, 6.45) is 2.57. The van der Waals surface area contributed by atoms with Gasteiger partial charge < -0.3 is 17.3 Å². The van der Waals surface area contributed by atoms with Gasteiger partial charge in [-0.2, -0.15) is 0 Å². The third-order valence-electron chi connectivity index (χ3n) is 2.74. The zero-order valence-corrected chi connectivity index (χ0v) is 13.2. The summed E-state index contributed by atoms with van der Waals surface area (Å²) in [5.74, 6) is 0. The molecule has 16 heavy (non-hydrogen) atoms. The van der Waals surface area contributed by atoms with Gasteiger partial charge in [0, 0.05) is 30.9 Å². The average molecular weight is 289 g/mol. The number of aryl methyl sites for hydroxylation is 1. The molecule has 1 aromatic rings. The zero-order chi connectivity index (χ0) is 9.97. The SMILES string of the molecule is Cc1cc([N+]#N)ccc1N1CCCC1.[Cl-].[Zn+2]. The van der Waals surface area contributed by atoms with Gasteiger partial charge in [-0.3, -0.25) is 0 Å². The Morgan fingerprint density at radius 3 is 2.38 bits per heavy atom. The van der Waals surface area contributed by atoms with E-state index in [4.69, 9.17) is 5.39 Å². The molecule has 80 valence electrons. The van der Waals surface area contributed by atoms with E-state index in [1.807, 2.05) is 18.2 Å². The van der Waals surface area contributed by atoms with Crippen LogP contribution in [0.5, 0.6) is 0 Å². The fourth-order valence-corrected chi connectivity index (χ4v) is 2.01. The summed E-state index contributed by atoms with van der Waals surface area (Å²) in [5, 5.41) is 8.63. The third-order valence-corrected chi connectivity index (χ3v) is 2.74. The molecule has 0 saturated carbocycles. The van der Waals surface area contributed by atoms with E-state index in [-0.39, 0.29) is 31.9 Å². The summed E-state index contributed by atoms with van der Waals surface area (Å²) >= 11 is 0. The van der Waals surface area contributed by atoms with Gasteiger partial charge in [0.15, 0.2) is 4.98 Å². The predicted molar refractivity (Wildman–Crippen MR) is 57.4 cm³/mol. The van der Waals surface area contributed by atoms with E-state index in [9.17, 15) is 0 Å². The number of halogens is 1. The van der Waals surface area contributed by atoms with Gasteiger partial charge in [-0.1, -0.05) is 0 Å². The molecule has 1 aliphatic heterocycles. The van der Waals surface area contributed by atoms with Gasteiger partial charge in [0.2, 0.25) is 5.39 Å². The number of nitrogens with zero attached hydrogens (tertiary/aromatic N) is 3. The molecular weight excluding hydrogens is 275 g/mol. The normalized spacial score (nSPS) is 13.6. The van der Waals surface area contributed by atoms with Crippen molar-refractivity contribution in [1.29, 1.82) is 5.39 Å². The van der Waals surface area contributed by atoms with Crippen LogP contribution in [0.3, 0.4) is 0 Å². The maximum Gasteiger partial charge on any atom is 2.00 e. The first kappa shape index (κ1) is 15.4. The summed E-state index contributed by atoms with van der Waals surface area (Å²) in [6, 6.07) is 5.80. The molecule has 0 N–H and O–H groups in total. The van der Waals surface area contributed by atoms with Crippen molar-refractivity contribution in [1.82, 2.24) is 0 Å². The summed E-state index contributed by atoms with van der Waals surface area (Å²) in [5.41, 5.74) is 3.09. The van der Waals surface area contributed by atoms with Gasteiger partial charge in [-0.25, -0.2) is 0 Å². The molecule has 1 heterocycles. The quantitative estimate of drug-likeness (QED) is 0.542. The number of hydrogen-bond acceptors (Lipinski definition) is 2. The summed E-state index contributed by atoms with van der Waals surface area (Å²) in [7, 11) is 0. The van der Waals surface area contributed by atoms with Crippen molar-refractivity contribution in [3.05, 3.63) is 28.7 Å². The predicted octanol–water partition coefficient (Wildman–Crippen LogP) is 0.0813. The van der Waals surface area contributed by atoms with Gasteiger partial charge >= 0.3 is 25.2 Å². The van der Waals surface area contributed by atoms with E-state index < -0.39 is 0 Å². The van der Waals surface area contributed by atoms with Crippen LogP contribution in [0.4, 0.5) is 11.4 Å². The Hall–Kier alpha value is -0.647. The first-order valence-electron chi connectivity index (χ1n) is 5.02. The van der Waals surface area contributed by atoms with Crippen LogP contribution in [-0.2, 0) is 19.5 Å². The molecule has 5 heteroatoms. The van der Waals surface area contributed by atoms with Gasteiger partial charge in [0.25, 0.3) is 0 Å². The number of benzene rings is 1. The third kappa shape index (κ3) is 3.17. The van der Waals surface area contributed by atoms with Crippen molar-refractivity contribution >= 4 is 11.4 Å². The van der Waals surface area contributed by atoms with E-state index in [1.165, 1.54) is 24.1 Å². The Morgan fingerprint density at radius 2 is 1.88 bits per heavy atom. The Morgan fingerprint density at radius 1 is 1.25 bits per heavy atom. The monoisotopic (exact) mass is 287 g/mol. The fourth-order valence-electron chi connectivity index (χ4n) is 2.01. The Kier molecular flexibility index (Phi) is 6.56. The molecule has 1 saturated heterocycles. The standard InChI is InChI=1S/C11H14N3.ClH.Zn/c1-9-8-10(13-12)4-5-11(9)14-6-2-3-7-14;;/h4-5,8H,2-3,6-7H2,1H3;1H;/q+1;;+2/p-1. The molecule has 3 nitrogen and oxygen atoms in total. The van der Waals surface area contributed by atoms with Gasteiger partial charge in [0.1, 0.15) is 0 Å². The van der Waals surface area contributed by atoms with Crippen LogP contribution in [-0.4, -0.2) is 13.1 Å². The van der Waals surface area contributed by atoms with E-state index in [2.05, 4.69) is 16.8 Å². The van der Waals surface area contributed by atoms with Crippen LogP contribution < -0.4 is 17.3 Å². The number of diazo groups is 1.